The Balaban J connectivity index is 1.79. The van der Waals surface area contributed by atoms with Crippen LogP contribution in [0, 0.1) is 6.92 Å². The van der Waals surface area contributed by atoms with E-state index in [-0.39, 0.29) is 5.91 Å². The molecule has 17 heavy (non-hydrogen) atoms. The SMILES string of the molecule is Cc1ccc(C(=O)NC[C@H](C)N2CCCC2)s1. The number of hydrogen-bond acceptors (Lipinski definition) is 3. The number of likely N-dealkylation sites (tertiary alicyclic amines) is 1. The normalized spacial score (nSPS) is 18.2. The predicted molar refractivity (Wildman–Crippen MR) is 71.7 cm³/mol. The summed E-state index contributed by atoms with van der Waals surface area (Å²) >= 11 is 1.55. The first-order chi connectivity index (χ1) is 8.16. The summed E-state index contributed by atoms with van der Waals surface area (Å²) < 4.78 is 0. The van der Waals surface area contributed by atoms with Crippen molar-refractivity contribution in [1.29, 1.82) is 0 Å². The van der Waals surface area contributed by atoms with Gasteiger partial charge in [0.05, 0.1) is 4.88 Å². The highest BCUT2D eigenvalue weighted by Gasteiger charge is 2.18. The van der Waals surface area contributed by atoms with Crippen molar-refractivity contribution in [2.45, 2.75) is 32.7 Å². The highest BCUT2D eigenvalue weighted by Crippen LogP contribution is 2.15. The lowest BCUT2D eigenvalue weighted by Crippen LogP contribution is -2.40. The van der Waals surface area contributed by atoms with Crippen LogP contribution in [0.1, 0.15) is 34.3 Å². The molecule has 94 valence electrons. The molecule has 0 aliphatic carbocycles. The molecule has 0 aromatic carbocycles. The number of carbonyl (C=O) groups is 1. The van der Waals surface area contributed by atoms with Crippen molar-refractivity contribution in [3.63, 3.8) is 0 Å². The van der Waals surface area contributed by atoms with Crippen LogP contribution >= 0.6 is 11.3 Å². The zero-order valence-electron chi connectivity index (χ0n) is 10.5. The monoisotopic (exact) mass is 252 g/mol. The van der Waals surface area contributed by atoms with E-state index < -0.39 is 0 Å². The second-order valence-electron chi connectivity index (χ2n) is 4.71. The van der Waals surface area contributed by atoms with E-state index in [4.69, 9.17) is 0 Å². The molecule has 0 unspecified atom stereocenters. The minimum Gasteiger partial charge on any atom is -0.350 e. The van der Waals surface area contributed by atoms with Crippen LogP contribution in [0.25, 0.3) is 0 Å². The van der Waals surface area contributed by atoms with E-state index in [1.165, 1.54) is 30.8 Å². The molecule has 0 spiro atoms. The fourth-order valence-corrected chi connectivity index (χ4v) is 2.98. The maximum atomic E-state index is 11.9. The van der Waals surface area contributed by atoms with Crippen molar-refractivity contribution < 1.29 is 4.79 Å². The van der Waals surface area contributed by atoms with E-state index in [1.807, 2.05) is 19.1 Å². The summed E-state index contributed by atoms with van der Waals surface area (Å²) in [5.74, 6) is 0.0640. The lowest BCUT2D eigenvalue weighted by atomic mass is 10.3. The quantitative estimate of drug-likeness (QED) is 0.891. The molecule has 1 fully saturated rings. The predicted octanol–water partition coefficient (Wildman–Crippen LogP) is 2.27. The Morgan fingerprint density at radius 1 is 1.47 bits per heavy atom. The Labute approximate surface area is 107 Å². The van der Waals surface area contributed by atoms with Gasteiger partial charge in [-0.05, 0) is 51.9 Å². The topological polar surface area (TPSA) is 32.3 Å². The molecule has 3 nitrogen and oxygen atoms in total. The van der Waals surface area contributed by atoms with E-state index in [1.54, 1.807) is 11.3 Å². The van der Waals surface area contributed by atoms with Crippen LogP contribution in [0.2, 0.25) is 0 Å². The van der Waals surface area contributed by atoms with Gasteiger partial charge in [-0.3, -0.25) is 9.69 Å². The van der Waals surface area contributed by atoms with Crippen LogP contribution in [-0.4, -0.2) is 36.5 Å². The van der Waals surface area contributed by atoms with Crippen molar-refractivity contribution in [2.75, 3.05) is 19.6 Å². The van der Waals surface area contributed by atoms with Gasteiger partial charge < -0.3 is 5.32 Å². The first-order valence-electron chi connectivity index (χ1n) is 6.25. The molecule has 0 saturated carbocycles. The van der Waals surface area contributed by atoms with Gasteiger partial charge in [0.15, 0.2) is 0 Å². The number of hydrogen-bond donors (Lipinski definition) is 1. The van der Waals surface area contributed by atoms with Gasteiger partial charge in [0, 0.05) is 17.5 Å². The van der Waals surface area contributed by atoms with Crippen molar-refractivity contribution in [2.24, 2.45) is 0 Å². The summed E-state index contributed by atoms with van der Waals surface area (Å²) in [6, 6.07) is 4.33. The summed E-state index contributed by atoms with van der Waals surface area (Å²) in [5.41, 5.74) is 0. The van der Waals surface area contributed by atoms with E-state index in [0.29, 0.717) is 6.04 Å². The molecule has 0 bridgehead atoms. The van der Waals surface area contributed by atoms with E-state index in [0.717, 1.165) is 11.4 Å². The Hall–Kier alpha value is -0.870. The molecule has 2 heterocycles. The first kappa shape index (κ1) is 12.6. The fraction of sp³-hybridized carbons (Fsp3) is 0.615. The molecular formula is C13H20N2OS. The largest absolute Gasteiger partial charge is 0.350 e. The van der Waals surface area contributed by atoms with Gasteiger partial charge in [-0.25, -0.2) is 0 Å². The van der Waals surface area contributed by atoms with Crippen LogP contribution < -0.4 is 5.32 Å². The summed E-state index contributed by atoms with van der Waals surface area (Å²) in [4.78, 5) is 16.3. The van der Waals surface area contributed by atoms with Crippen LogP contribution in [0.4, 0.5) is 0 Å². The molecule has 0 radical (unpaired) electrons. The molecule has 4 heteroatoms. The first-order valence-corrected chi connectivity index (χ1v) is 7.07. The third-order valence-corrected chi connectivity index (χ3v) is 4.29. The van der Waals surface area contributed by atoms with Crippen molar-refractivity contribution in [1.82, 2.24) is 10.2 Å². The molecule has 1 amide bonds. The Morgan fingerprint density at radius 2 is 2.18 bits per heavy atom. The maximum Gasteiger partial charge on any atom is 0.261 e. The lowest BCUT2D eigenvalue weighted by molar-refractivity contribution is 0.0944. The summed E-state index contributed by atoms with van der Waals surface area (Å²) in [6.07, 6.45) is 2.59. The number of aryl methyl sites for hydroxylation is 1. The van der Waals surface area contributed by atoms with Crippen molar-refractivity contribution >= 4 is 17.2 Å². The summed E-state index contributed by atoms with van der Waals surface area (Å²) in [5, 5.41) is 3.02. The van der Waals surface area contributed by atoms with Gasteiger partial charge >= 0.3 is 0 Å². The number of nitrogens with zero attached hydrogens (tertiary/aromatic N) is 1. The molecule has 1 aliphatic heterocycles. The number of thiophene rings is 1. The maximum absolute atomic E-state index is 11.9. The molecule has 1 saturated heterocycles. The third kappa shape index (κ3) is 3.30. The van der Waals surface area contributed by atoms with Crippen LogP contribution in [0.5, 0.6) is 0 Å². The number of nitrogens with one attached hydrogen (secondary N) is 1. The van der Waals surface area contributed by atoms with Crippen molar-refractivity contribution in [3.8, 4) is 0 Å². The average Bonchev–Trinajstić information content (AvgIpc) is 2.95. The molecule has 2 rings (SSSR count). The zero-order valence-corrected chi connectivity index (χ0v) is 11.3. The average molecular weight is 252 g/mol. The smallest absolute Gasteiger partial charge is 0.261 e. The third-order valence-electron chi connectivity index (χ3n) is 3.29. The molecule has 1 aromatic rings. The Kier molecular flexibility index (Phi) is 4.18. The molecular weight excluding hydrogens is 232 g/mol. The minimum atomic E-state index is 0.0640. The van der Waals surface area contributed by atoms with Gasteiger partial charge in [-0.2, -0.15) is 0 Å². The molecule has 1 aromatic heterocycles. The van der Waals surface area contributed by atoms with Crippen molar-refractivity contribution in [3.05, 3.63) is 21.9 Å². The highest BCUT2D eigenvalue weighted by molar-refractivity contribution is 7.13. The number of carbonyl (C=O) groups excluding carboxylic acids is 1. The van der Waals surface area contributed by atoms with Crippen LogP contribution in [0.15, 0.2) is 12.1 Å². The minimum absolute atomic E-state index is 0.0640. The number of rotatable bonds is 4. The number of amides is 1. The zero-order chi connectivity index (χ0) is 12.3. The lowest BCUT2D eigenvalue weighted by Gasteiger charge is -2.23. The standard InChI is InChI=1S/C13H20N2OS/c1-10(15-7-3-4-8-15)9-14-13(16)12-6-5-11(2)17-12/h5-6,10H,3-4,7-9H2,1-2H3,(H,14,16)/t10-/m0/s1. The van der Waals surface area contributed by atoms with Gasteiger partial charge in [-0.1, -0.05) is 0 Å². The van der Waals surface area contributed by atoms with Gasteiger partial charge in [0.1, 0.15) is 0 Å². The summed E-state index contributed by atoms with van der Waals surface area (Å²) in [7, 11) is 0. The summed E-state index contributed by atoms with van der Waals surface area (Å²) in [6.45, 7) is 7.31. The van der Waals surface area contributed by atoms with E-state index in [2.05, 4.69) is 17.1 Å². The van der Waals surface area contributed by atoms with Gasteiger partial charge in [-0.15, -0.1) is 11.3 Å². The van der Waals surface area contributed by atoms with E-state index >= 15 is 0 Å². The van der Waals surface area contributed by atoms with Crippen LogP contribution in [0.3, 0.4) is 0 Å². The van der Waals surface area contributed by atoms with E-state index in [9.17, 15) is 4.79 Å². The highest BCUT2D eigenvalue weighted by atomic mass is 32.1. The second kappa shape index (κ2) is 5.65. The molecule has 1 N–H and O–H groups in total. The second-order valence-corrected chi connectivity index (χ2v) is 6.00. The fourth-order valence-electron chi connectivity index (χ4n) is 2.20. The van der Waals surface area contributed by atoms with Gasteiger partial charge in [0.25, 0.3) is 5.91 Å². The Bertz CT molecular complexity index is 383. The van der Waals surface area contributed by atoms with Gasteiger partial charge in [0.2, 0.25) is 0 Å². The molecule has 1 aliphatic rings. The Morgan fingerprint density at radius 3 is 2.76 bits per heavy atom. The van der Waals surface area contributed by atoms with Crippen LogP contribution in [-0.2, 0) is 0 Å². The molecule has 1 atom stereocenters.